The predicted octanol–water partition coefficient (Wildman–Crippen LogP) is 0.817. The fourth-order valence-corrected chi connectivity index (χ4v) is 1.65. The van der Waals surface area contributed by atoms with Crippen LogP contribution in [0.3, 0.4) is 0 Å². The summed E-state index contributed by atoms with van der Waals surface area (Å²) in [6.07, 6.45) is 0.247. The van der Waals surface area contributed by atoms with Crippen LogP contribution in [-0.2, 0) is 11.3 Å². The lowest BCUT2D eigenvalue weighted by molar-refractivity contribution is -0.122. The topological polar surface area (TPSA) is 96.5 Å². The second-order valence-corrected chi connectivity index (χ2v) is 4.37. The van der Waals surface area contributed by atoms with Crippen molar-refractivity contribution in [2.45, 2.75) is 19.9 Å². The molecule has 0 aliphatic rings. The summed E-state index contributed by atoms with van der Waals surface area (Å²) in [7, 11) is 0. The first-order valence-corrected chi connectivity index (χ1v) is 6.28. The van der Waals surface area contributed by atoms with E-state index in [0.717, 1.165) is 4.80 Å². The zero-order valence-corrected chi connectivity index (χ0v) is 11.4. The quantitative estimate of drug-likeness (QED) is 0.821. The summed E-state index contributed by atoms with van der Waals surface area (Å²) in [4.78, 5) is 12.7. The number of tetrazole rings is 1. The Morgan fingerprint density at radius 2 is 2.33 bits per heavy atom. The molecule has 1 amide bonds. The van der Waals surface area contributed by atoms with Crippen LogP contribution in [0.1, 0.15) is 12.0 Å². The van der Waals surface area contributed by atoms with Crippen molar-refractivity contribution in [1.82, 2.24) is 25.5 Å². The van der Waals surface area contributed by atoms with Gasteiger partial charge in [-0.2, -0.15) is 10.1 Å². The van der Waals surface area contributed by atoms with E-state index in [0.29, 0.717) is 17.0 Å². The normalized spacial score (nSPS) is 10.1. The molecule has 0 aliphatic heterocycles. The largest absolute Gasteiger partial charge is 0.353 e. The molecule has 7 nitrogen and oxygen atoms in total. The van der Waals surface area contributed by atoms with Gasteiger partial charge in [0.2, 0.25) is 11.7 Å². The van der Waals surface area contributed by atoms with Gasteiger partial charge in [0, 0.05) is 12.1 Å². The molecule has 2 rings (SSSR count). The molecule has 1 aromatic carbocycles. The van der Waals surface area contributed by atoms with Crippen LogP contribution in [-0.4, -0.2) is 32.7 Å². The molecule has 0 bridgehead atoms. The Morgan fingerprint density at radius 3 is 3.05 bits per heavy atom. The van der Waals surface area contributed by atoms with Gasteiger partial charge in [0.15, 0.2) is 0 Å². The number of hydrogen-bond acceptors (Lipinski definition) is 5. The van der Waals surface area contributed by atoms with Crippen molar-refractivity contribution in [2.24, 2.45) is 0 Å². The van der Waals surface area contributed by atoms with E-state index in [1.165, 1.54) is 6.07 Å². The number of aryl methyl sites for hydroxylation is 1. The molecule has 0 saturated heterocycles. The minimum absolute atomic E-state index is 0.0847. The SMILES string of the molecule is Cc1cc(-c2nnn(CC(=O)NCCC#N)n2)ccc1F. The molecular weight excluding hydrogens is 275 g/mol. The standard InChI is InChI=1S/C13H13FN6O/c1-9-7-10(3-4-11(9)14)13-17-19-20(18-13)8-12(21)16-6-2-5-15/h3-4,7H,2,6,8H2,1H3,(H,16,21). The lowest BCUT2D eigenvalue weighted by Gasteiger charge is -2.01. The predicted molar refractivity (Wildman–Crippen MR) is 71.2 cm³/mol. The van der Waals surface area contributed by atoms with Crippen LogP contribution in [0.15, 0.2) is 18.2 Å². The molecule has 0 radical (unpaired) electrons. The summed E-state index contributed by atoms with van der Waals surface area (Å²) >= 11 is 0. The molecule has 21 heavy (non-hydrogen) atoms. The highest BCUT2D eigenvalue weighted by atomic mass is 19.1. The van der Waals surface area contributed by atoms with Gasteiger partial charge in [-0.3, -0.25) is 4.79 Å². The Bertz CT molecular complexity index is 690. The minimum atomic E-state index is -0.303. The molecule has 108 valence electrons. The van der Waals surface area contributed by atoms with Gasteiger partial charge in [0.1, 0.15) is 12.4 Å². The summed E-state index contributed by atoms with van der Waals surface area (Å²) in [6, 6.07) is 6.43. The van der Waals surface area contributed by atoms with Crippen LogP contribution >= 0.6 is 0 Å². The van der Waals surface area contributed by atoms with E-state index in [9.17, 15) is 9.18 Å². The van der Waals surface area contributed by atoms with Gasteiger partial charge in [-0.15, -0.1) is 10.2 Å². The van der Waals surface area contributed by atoms with Crippen molar-refractivity contribution in [1.29, 1.82) is 5.26 Å². The first-order valence-electron chi connectivity index (χ1n) is 6.28. The van der Waals surface area contributed by atoms with Gasteiger partial charge in [-0.05, 0) is 35.9 Å². The molecule has 0 fully saturated rings. The highest BCUT2D eigenvalue weighted by Gasteiger charge is 2.10. The lowest BCUT2D eigenvalue weighted by atomic mass is 10.1. The molecule has 2 aromatic rings. The Kier molecular flexibility index (Phi) is 4.56. The van der Waals surface area contributed by atoms with Crippen molar-refractivity contribution >= 4 is 5.91 Å². The number of nitrogens with zero attached hydrogens (tertiary/aromatic N) is 5. The molecular formula is C13H13FN6O. The lowest BCUT2D eigenvalue weighted by Crippen LogP contribution is -2.29. The van der Waals surface area contributed by atoms with Crippen molar-refractivity contribution in [3.63, 3.8) is 0 Å². The van der Waals surface area contributed by atoms with Gasteiger partial charge < -0.3 is 5.32 Å². The average Bonchev–Trinajstić information content (AvgIpc) is 2.90. The smallest absolute Gasteiger partial charge is 0.243 e. The van der Waals surface area contributed by atoms with Crippen molar-refractivity contribution in [3.05, 3.63) is 29.6 Å². The summed E-state index contributed by atoms with van der Waals surface area (Å²) in [6.45, 7) is 1.85. The molecule has 8 heteroatoms. The van der Waals surface area contributed by atoms with Gasteiger partial charge in [0.25, 0.3) is 0 Å². The number of halogens is 1. The first kappa shape index (κ1) is 14.6. The monoisotopic (exact) mass is 288 g/mol. The average molecular weight is 288 g/mol. The number of benzene rings is 1. The van der Waals surface area contributed by atoms with E-state index in [-0.39, 0.29) is 31.2 Å². The number of aromatic nitrogens is 4. The zero-order valence-electron chi connectivity index (χ0n) is 11.4. The second kappa shape index (κ2) is 6.56. The molecule has 1 N–H and O–H groups in total. The highest BCUT2D eigenvalue weighted by molar-refractivity contribution is 5.75. The molecule has 1 aromatic heterocycles. The molecule has 0 atom stereocenters. The number of nitrogens with one attached hydrogen (secondary N) is 1. The first-order chi connectivity index (χ1) is 10.1. The summed E-state index contributed by atoms with van der Waals surface area (Å²) in [5, 5.41) is 22.6. The van der Waals surface area contributed by atoms with Crippen molar-refractivity contribution < 1.29 is 9.18 Å². The number of rotatable bonds is 5. The number of amides is 1. The highest BCUT2D eigenvalue weighted by Crippen LogP contribution is 2.17. The van der Waals surface area contributed by atoms with Crippen molar-refractivity contribution in [2.75, 3.05) is 6.54 Å². The van der Waals surface area contributed by atoms with Gasteiger partial charge in [-0.25, -0.2) is 4.39 Å². The van der Waals surface area contributed by atoms with Gasteiger partial charge >= 0.3 is 0 Å². The Balaban J connectivity index is 2.02. The van der Waals surface area contributed by atoms with E-state index < -0.39 is 0 Å². The molecule has 1 heterocycles. The van der Waals surface area contributed by atoms with Crippen LogP contribution in [0.25, 0.3) is 11.4 Å². The number of carbonyl (C=O) groups is 1. The molecule has 0 aliphatic carbocycles. The Morgan fingerprint density at radius 1 is 1.52 bits per heavy atom. The number of hydrogen-bond donors (Lipinski definition) is 1. The van der Waals surface area contributed by atoms with Crippen molar-refractivity contribution in [3.8, 4) is 17.5 Å². The fourth-order valence-electron chi connectivity index (χ4n) is 1.65. The van der Waals surface area contributed by atoms with E-state index in [1.807, 2.05) is 6.07 Å². The molecule has 0 saturated carbocycles. The second-order valence-electron chi connectivity index (χ2n) is 4.37. The summed E-state index contributed by atoms with van der Waals surface area (Å²) < 4.78 is 13.2. The number of nitriles is 1. The fraction of sp³-hybridized carbons (Fsp3) is 0.308. The van der Waals surface area contributed by atoms with Gasteiger partial charge in [0.05, 0.1) is 12.5 Å². The zero-order chi connectivity index (χ0) is 15.2. The maximum absolute atomic E-state index is 13.2. The summed E-state index contributed by atoms with van der Waals surface area (Å²) in [5.74, 6) is -0.282. The Labute approximate surface area is 120 Å². The Hall–Kier alpha value is -2.82. The molecule has 0 unspecified atom stereocenters. The maximum Gasteiger partial charge on any atom is 0.243 e. The van der Waals surface area contributed by atoms with E-state index >= 15 is 0 Å². The van der Waals surface area contributed by atoms with Crippen LogP contribution in [0.5, 0.6) is 0 Å². The van der Waals surface area contributed by atoms with E-state index in [4.69, 9.17) is 5.26 Å². The third kappa shape index (κ3) is 3.82. The van der Waals surface area contributed by atoms with E-state index in [2.05, 4.69) is 20.7 Å². The molecule has 0 spiro atoms. The van der Waals surface area contributed by atoms with E-state index in [1.54, 1.807) is 19.1 Å². The van der Waals surface area contributed by atoms with Crippen LogP contribution < -0.4 is 5.32 Å². The van der Waals surface area contributed by atoms with Crippen LogP contribution in [0.4, 0.5) is 4.39 Å². The number of carbonyl (C=O) groups excluding carboxylic acids is 1. The van der Waals surface area contributed by atoms with Gasteiger partial charge in [-0.1, -0.05) is 0 Å². The third-order valence-corrected chi connectivity index (χ3v) is 2.71. The van der Waals surface area contributed by atoms with Crippen LogP contribution in [0.2, 0.25) is 0 Å². The van der Waals surface area contributed by atoms with Crippen LogP contribution in [0, 0.1) is 24.1 Å². The minimum Gasteiger partial charge on any atom is -0.353 e. The third-order valence-electron chi connectivity index (χ3n) is 2.71. The summed E-state index contributed by atoms with van der Waals surface area (Å²) in [5.41, 5.74) is 1.11. The maximum atomic E-state index is 13.2.